The number of hydrazine groups is 1. The third kappa shape index (κ3) is 5.07. The molecule has 0 spiro atoms. The quantitative estimate of drug-likeness (QED) is 0.424. The van der Waals surface area contributed by atoms with Gasteiger partial charge in [0.15, 0.2) is 23.0 Å². The second kappa shape index (κ2) is 9.32. The number of benzene rings is 2. The molecule has 2 amide bonds. The van der Waals surface area contributed by atoms with Crippen molar-refractivity contribution in [2.75, 3.05) is 20.5 Å². The summed E-state index contributed by atoms with van der Waals surface area (Å²) < 4.78 is 21.2. The van der Waals surface area contributed by atoms with Crippen molar-refractivity contribution in [2.24, 2.45) is 0 Å². The van der Waals surface area contributed by atoms with Crippen molar-refractivity contribution in [1.82, 2.24) is 10.9 Å². The fourth-order valence-corrected chi connectivity index (χ4v) is 2.50. The number of fused-ring (bicyclic) bond motifs is 1. The standard InChI is InChI=1S/C21H20N2O6/c1-3-10-27-16-7-4-14(11-18(16)26-2)5-9-20(24)22-23-21(25)15-6-8-17-19(12-15)29-13-28-17/h3-9,11-12H,1,10,13H2,2H3,(H,22,24)(H,23,25)/b9-5+. The summed E-state index contributed by atoms with van der Waals surface area (Å²) in [4.78, 5) is 24.1. The Morgan fingerprint density at radius 3 is 2.72 bits per heavy atom. The van der Waals surface area contributed by atoms with Crippen molar-refractivity contribution >= 4 is 17.9 Å². The minimum atomic E-state index is -0.495. The maximum Gasteiger partial charge on any atom is 0.269 e. The van der Waals surface area contributed by atoms with E-state index >= 15 is 0 Å². The zero-order valence-electron chi connectivity index (χ0n) is 15.8. The lowest BCUT2D eigenvalue weighted by atomic mass is 10.2. The van der Waals surface area contributed by atoms with Crippen LogP contribution in [0.1, 0.15) is 15.9 Å². The van der Waals surface area contributed by atoms with Crippen LogP contribution in [0.15, 0.2) is 55.1 Å². The summed E-state index contributed by atoms with van der Waals surface area (Å²) in [7, 11) is 1.53. The topological polar surface area (TPSA) is 95.1 Å². The van der Waals surface area contributed by atoms with Crippen LogP contribution in [0.4, 0.5) is 0 Å². The lowest BCUT2D eigenvalue weighted by Crippen LogP contribution is -2.40. The zero-order chi connectivity index (χ0) is 20.6. The van der Waals surface area contributed by atoms with E-state index in [1.54, 1.807) is 48.6 Å². The largest absolute Gasteiger partial charge is 0.493 e. The number of methoxy groups -OCH3 is 1. The van der Waals surface area contributed by atoms with Crippen LogP contribution in [0, 0.1) is 0 Å². The zero-order valence-corrected chi connectivity index (χ0v) is 15.8. The van der Waals surface area contributed by atoms with Gasteiger partial charge in [0.2, 0.25) is 6.79 Å². The van der Waals surface area contributed by atoms with Gasteiger partial charge in [-0.05, 0) is 42.0 Å². The molecular formula is C21H20N2O6. The number of carbonyl (C=O) groups is 2. The number of hydrogen-bond donors (Lipinski definition) is 2. The molecule has 0 saturated heterocycles. The maximum atomic E-state index is 12.1. The van der Waals surface area contributed by atoms with Crippen molar-refractivity contribution in [1.29, 1.82) is 0 Å². The van der Waals surface area contributed by atoms with Gasteiger partial charge in [-0.25, -0.2) is 0 Å². The minimum Gasteiger partial charge on any atom is -0.493 e. The second-order valence-corrected chi connectivity index (χ2v) is 5.85. The minimum absolute atomic E-state index is 0.119. The fourth-order valence-electron chi connectivity index (χ4n) is 2.50. The Bertz CT molecular complexity index is 954. The smallest absolute Gasteiger partial charge is 0.269 e. The van der Waals surface area contributed by atoms with E-state index in [2.05, 4.69) is 17.4 Å². The predicted molar refractivity (Wildman–Crippen MR) is 106 cm³/mol. The molecule has 8 nitrogen and oxygen atoms in total. The molecule has 1 aliphatic rings. The SMILES string of the molecule is C=CCOc1ccc(/C=C/C(=O)NNC(=O)c2ccc3c(c2)OCO3)cc1OC. The molecule has 1 aliphatic heterocycles. The summed E-state index contributed by atoms with van der Waals surface area (Å²) in [6, 6.07) is 9.99. The molecule has 0 atom stereocenters. The monoisotopic (exact) mass is 396 g/mol. The Balaban J connectivity index is 1.55. The summed E-state index contributed by atoms with van der Waals surface area (Å²) in [6.07, 6.45) is 4.51. The molecule has 0 radical (unpaired) electrons. The highest BCUT2D eigenvalue weighted by atomic mass is 16.7. The number of carbonyl (C=O) groups excluding carboxylic acids is 2. The number of ether oxygens (including phenoxy) is 4. The molecule has 0 fully saturated rings. The Morgan fingerprint density at radius 2 is 1.93 bits per heavy atom. The molecule has 0 saturated carbocycles. The van der Waals surface area contributed by atoms with Gasteiger partial charge < -0.3 is 18.9 Å². The van der Waals surface area contributed by atoms with Crippen molar-refractivity contribution in [2.45, 2.75) is 0 Å². The number of hydrogen-bond acceptors (Lipinski definition) is 6. The van der Waals surface area contributed by atoms with E-state index in [1.807, 2.05) is 0 Å². The molecule has 0 bridgehead atoms. The molecule has 3 rings (SSSR count). The molecule has 150 valence electrons. The van der Waals surface area contributed by atoms with Gasteiger partial charge in [0, 0.05) is 11.6 Å². The van der Waals surface area contributed by atoms with E-state index in [9.17, 15) is 9.59 Å². The first-order chi connectivity index (χ1) is 14.1. The van der Waals surface area contributed by atoms with Gasteiger partial charge in [-0.2, -0.15) is 0 Å². The summed E-state index contributed by atoms with van der Waals surface area (Å²) in [5.41, 5.74) is 5.72. The normalized spacial score (nSPS) is 11.8. The lowest BCUT2D eigenvalue weighted by molar-refractivity contribution is -0.117. The molecule has 2 N–H and O–H groups in total. The number of rotatable bonds is 7. The highest BCUT2D eigenvalue weighted by Crippen LogP contribution is 2.32. The number of amides is 2. The molecule has 29 heavy (non-hydrogen) atoms. The van der Waals surface area contributed by atoms with Crippen molar-refractivity contribution in [3.8, 4) is 23.0 Å². The van der Waals surface area contributed by atoms with E-state index in [1.165, 1.54) is 13.2 Å². The van der Waals surface area contributed by atoms with Gasteiger partial charge in [-0.15, -0.1) is 0 Å². The molecule has 0 aliphatic carbocycles. The molecule has 0 aromatic heterocycles. The van der Waals surface area contributed by atoms with Crippen LogP contribution in [-0.2, 0) is 4.79 Å². The summed E-state index contributed by atoms with van der Waals surface area (Å²) in [6.45, 7) is 4.08. The highest BCUT2D eigenvalue weighted by Gasteiger charge is 2.16. The first kappa shape index (κ1) is 19.8. The molecular weight excluding hydrogens is 376 g/mol. The summed E-state index contributed by atoms with van der Waals surface area (Å²) in [5, 5.41) is 0. The average Bonchev–Trinajstić information content (AvgIpc) is 3.22. The van der Waals surface area contributed by atoms with Crippen LogP contribution >= 0.6 is 0 Å². The van der Waals surface area contributed by atoms with Gasteiger partial charge >= 0.3 is 0 Å². The van der Waals surface area contributed by atoms with Crippen LogP contribution in [0.5, 0.6) is 23.0 Å². The average molecular weight is 396 g/mol. The van der Waals surface area contributed by atoms with Crippen LogP contribution < -0.4 is 29.8 Å². The van der Waals surface area contributed by atoms with Crippen LogP contribution in [0.2, 0.25) is 0 Å². The molecule has 2 aromatic carbocycles. The molecule has 2 aromatic rings. The van der Waals surface area contributed by atoms with Crippen molar-refractivity contribution < 1.29 is 28.5 Å². The molecule has 0 unspecified atom stereocenters. The van der Waals surface area contributed by atoms with Gasteiger partial charge in [0.1, 0.15) is 6.61 Å². The Hall–Kier alpha value is -3.94. The van der Waals surface area contributed by atoms with E-state index in [0.29, 0.717) is 35.2 Å². The maximum absolute atomic E-state index is 12.1. The Kier molecular flexibility index (Phi) is 6.36. The van der Waals surface area contributed by atoms with Gasteiger partial charge in [-0.3, -0.25) is 20.4 Å². The van der Waals surface area contributed by atoms with Crippen molar-refractivity contribution in [3.63, 3.8) is 0 Å². The predicted octanol–water partition coefficient (Wildman–Crippen LogP) is 2.46. The van der Waals surface area contributed by atoms with Gasteiger partial charge in [0.25, 0.3) is 11.8 Å². The first-order valence-corrected chi connectivity index (χ1v) is 8.70. The highest BCUT2D eigenvalue weighted by molar-refractivity contribution is 5.98. The Labute approximate surface area is 167 Å². The van der Waals surface area contributed by atoms with Crippen LogP contribution in [-0.4, -0.2) is 32.3 Å². The fraction of sp³-hybridized carbons (Fsp3) is 0.143. The van der Waals surface area contributed by atoms with E-state index in [-0.39, 0.29) is 6.79 Å². The van der Waals surface area contributed by atoms with Crippen LogP contribution in [0.3, 0.4) is 0 Å². The third-order valence-corrected chi connectivity index (χ3v) is 3.91. The van der Waals surface area contributed by atoms with Crippen molar-refractivity contribution in [3.05, 3.63) is 66.3 Å². The second-order valence-electron chi connectivity index (χ2n) is 5.85. The summed E-state index contributed by atoms with van der Waals surface area (Å²) >= 11 is 0. The summed E-state index contributed by atoms with van der Waals surface area (Å²) in [5.74, 6) is 1.19. The molecule has 1 heterocycles. The third-order valence-electron chi connectivity index (χ3n) is 3.91. The van der Waals surface area contributed by atoms with E-state index in [4.69, 9.17) is 18.9 Å². The van der Waals surface area contributed by atoms with Crippen LogP contribution in [0.25, 0.3) is 6.08 Å². The Morgan fingerprint density at radius 1 is 1.10 bits per heavy atom. The lowest BCUT2D eigenvalue weighted by Gasteiger charge is -2.09. The van der Waals surface area contributed by atoms with E-state index in [0.717, 1.165) is 5.56 Å². The number of nitrogens with one attached hydrogen (secondary N) is 2. The molecule has 8 heteroatoms. The van der Waals surface area contributed by atoms with Gasteiger partial charge in [-0.1, -0.05) is 18.7 Å². The van der Waals surface area contributed by atoms with E-state index < -0.39 is 11.8 Å². The first-order valence-electron chi connectivity index (χ1n) is 8.70. The van der Waals surface area contributed by atoms with Gasteiger partial charge in [0.05, 0.1) is 7.11 Å².